The summed E-state index contributed by atoms with van der Waals surface area (Å²) in [5, 5.41) is 22.7. The summed E-state index contributed by atoms with van der Waals surface area (Å²) >= 11 is 0. The predicted octanol–water partition coefficient (Wildman–Crippen LogP) is 4.22. The number of nitro benzene ring substituents is 1. The summed E-state index contributed by atoms with van der Waals surface area (Å²) < 4.78 is 5.25. The van der Waals surface area contributed by atoms with E-state index in [1.165, 1.54) is 19.1 Å². The maximum absolute atomic E-state index is 12.0. The standard InChI is InChI=1S/C21H23NO5/c1-13(5-10-19-15(3)20(23)16(4)21(24)27-19)11-14(2)12-17-6-8-18(9-7-17)22(25)26/h6-9,11-12,23H,5,10H2,1-4H3/p-1/b13-11+,14-12+. The van der Waals surface area contributed by atoms with Gasteiger partial charge in [0.15, 0.2) is 0 Å². The first-order valence-corrected chi connectivity index (χ1v) is 8.59. The summed E-state index contributed by atoms with van der Waals surface area (Å²) in [4.78, 5) is 21.9. The molecule has 2 rings (SSSR count). The fourth-order valence-corrected chi connectivity index (χ4v) is 2.77. The van der Waals surface area contributed by atoms with Crippen molar-refractivity contribution in [2.75, 3.05) is 0 Å². The molecule has 6 heteroatoms. The lowest BCUT2D eigenvalue weighted by atomic mass is 10.0. The van der Waals surface area contributed by atoms with E-state index in [4.69, 9.17) is 4.42 Å². The van der Waals surface area contributed by atoms with Crippen LogP contribution in [0.1, 0.15) is 42.7 Å². The van der Waals surface area contributed by atoms with Crippen molar-refractivity contribution in [3.05, 3.63) is 84.5 Å². The second-order valence-electron chi connectivity index (χ2n) is 6.62. The van der Waals surface area contributed by atoms with Gasteiger partial charge in [-0.15, -0.1) is 0 Å². The minimum Gasteiger partial charge on any atom is -0.872 e. The Hall–Kier alpha value is -3.15. The average molecular weight is 368 g/mol. The third-order valence-electron chi connectivity index (χ3n) is 4.34. The zero-order valence-electron chi connectivity index (χ0n) is 15.9. The Morgan fingerprint density at radius 2 is 1.78 bits per heavy atom. The molecule has 1 aromatic carbocycles. The third kappa shape index (κ3) is 5.17. The topological polar surface area (TPSA) is 96.4 Å². The van der Waals surface area contributed by atoms with Crippen molar-refractivity contribution in [3.8, 4) is 5.75 Å². The van der Waals surface area contributed by atoms with Crippen LogP contribution in [0.25, 0.3) is 6.08 Å². The van der Waals surface area contributed by atoms with Crippen molar-refractivity contribution in [1.82, 2.24) is 0 Å². The van der Waals surface area contributed by atoms with E-state index >= 15 is 0 Å². The molecule has 0 saturated heterocycles. The van der Waals surface area contributed by atoms with Gasteiger partial charge in [0, 0.05) is 24.1 Å². The molecule has 0 bridgehead atoms. The highest BCUT2D eigenvalue weighted by Gasteiger charge is 2.08. The molecule has 0 saturated carbocycles. The van der Waals surface area contributed by atoms with E-state index in [1.54, 1.807) is 19.1 Å². The highest BCUT2D eigenvalue weighted by Crippen LogP contribution is 2.21. The van der Waals surface area contributed by atoms with Crippen LogP contribution in [-0.2, 0) is 6.42 Å². The van der Waals surface area contributed by atoms with E-state index in [1.807, 2.05) is 26.0 Å². The van der Waals surface area contributed by atoms with Crippen molar-refractivity contribution in [2.24, 2.45) is 0 Å². The molecule has 142 valence electrons. The SMILES string of the molecule is CC(=C\c1ccc([N+](=O)[O-])cc1)/C=C(\C)CCc1oc(=O)c(C)c([O-])c1C. The Morgan fingerprint density at radius 3 is 2.37 bits per heavy atom. The van der Waals surface area contributed by atoms with Crippen molar-refractivity contribution in [3.63, 3.8) is 0 Å². The summed E-state index contributed by atoms with van der Waals surface area (Å²) in [6, 6.07) is 6.34. The number of rotatable bonds is 6. The minimum atomic E-state index is -0.573. The first-order chi connectivity index (χ1) is 12.7. The lowest BCUT2D eigenvalue weighted by Gasteiger charge is -2.15. The number of hydrogen-bond acceptors (Lipinski definition) is 5. The number of nitrogens with zero attached hydrogens (tertiary/aromatic N) is 1. The van der Waals surface area contributed by atoms with Crippen LogP contribution in [0.3, 0.4) is 0 Å². The smallest absolute Gasteiger partial charge is 0.338 e. The number of nitro groups is 1. The average Bonchev–Trinajstić information content (AvgIpc) is 2.62. The van der Waals surface area contributed by atoms with Gasteiger partial charge in [-0.05, 0) is 57.4 Å². The Labute approximate surface area is 157 Å². The Kier molecular flexibility index (Phi) is 6.34. The largest absolute Gasteiger partial charge is 0.872 e. The first kappa shape index (κ1) is 20.2. The Morgan fingerprint density at radius 1 is 1.15 bits per heavy atom. The molecule has 2 aromatic rings. The molecule has 0 radical (unpaired) electrons. The number of hydrogen-bond donors (Lipinski definition) is 0. The summed E-state index contributed by atoms with van der Waals surface area (Å²) in [5.41, 5.74) is 3.02. The molecule has 0 aliphatic rings. The summed E-state index contributed by atoms with van der Waals surface area (Å²) in [7, 11) is 0. The van der Waals surface area contributed by atoms with E-state index in [-0.39, 0.29) is 17.0 Å². The lowest BCUT2D eigenvalue weighted by Crippen LogP contribution is -2.12. The van der Waals surface area contributed by atoms with Gasteiger partial charge in [0.05, 0.1) is 4.92 Å². The van der Waals surface area contributed by atoms with Crippen LogP contribution in [0, 0.1) is 24.0 Å². The molecule has 0 spiro atoms. The van der Waals surface area contributed by atoms with Gasteiger partial charge in [0.2, 0.25) is 0 Å². The van der Waals surface area contributed by atoms with Crippen molar-refractivity contribution < 1.29 is 14.4 Å². The second-order valence-corrected chi connectivity index (χ2v) is 6.62. The van der Waals surface area contributed by atoms with Gasteiger partial charge >= 0.3 is 5.63 Å². The summed E-state index contributed by atoms with van der Waals surface area (Å²) in [6.45, 7) is 7.06. The second kappa shape index (κ2) is 8.49. The van der Waals surface area contributed by atoms with Crippen molar-refractivity contribution in [1.29, 1.82) is 0 Å². The zero-order valence-corrected chi connectivity index (χ0v) is 15.9. The van der Waals surface area contributed by atoms with Gasteiger partial charge in [-0.1, -0.05) is 29.0 Å². The van der Waals surface area contributed by atoms with Crippen LogP contribution in [0.5, 0.6) is 5.75 Å². The van der Waals surface area contributed by atoms with Crippen LogP contribution in [-0.4, -0.2) is 4.92 Å². The highest BCUT2D eigenvalue weighted by molar-refractivity contribution is 5.57. The summed E-state index contributed by atoms with van der Waals surface area (Å²) in [6.07, 6.45) is 5.06. The molecular weight excluding hydrogens is 346 g/mol. The van der Waals surface area contributed by atoms with E-state index in [9.17, 15) is 20.0 Å². The maximum Gasteiger partial charge on any atom is 0.338 e. The van der Waals surface area contributed by atoms with Crippen molar-refractivity contribution >= 4 is 11.8 Å². The van der Waals surface area contributed by atoms with E-state index in [2.05, 4.69) is 0 Å². The van der Waals surface area contributed by atoms with Crippen LogP contribution in [0.15, 0.2) is 50.7 Å². The highest BCUT2D eigenvalue weighted by atomic mass is 16.6. The monoisotopic (exact) mass is 368 g/mol. The quantitative estimate of drug-likeness (QED) is 0.432. The molecule has 6 nitrogen and oxygen atoms in total. The van der Waals surface area contributed by atoms with Crippen LogP contribution in [0.2, 0.25) is 0 Å². The van der Waals surface area contributed by atoms with Gasteiger partial charge in [-0.3, -0.25) is 10.1 Å². The van der Waals surface area contributed by atoms with E-state index < -0.39 is 10.5 Å². The summed E-state index contributed by atoms with van der Waals surface area (Å²) in [5.74, 6) is 0.178. The maximum atomic E-state index is 12.0. The first-order valence-electron chi connectivity index (χ1n) is 8.59. The van der Waals surface area contributed by atoms with Gasteiger partial charge in [0.25, 0.3) is 5.69 Å². The molecule has 1 aromatic heterocycles. The molecule has 0 aliphatic heterocycles. The van der Waals surface area contributed by atoms with Gasteiger partial charge < -0.3 is 9.52 Å². The minimum absolute atomic E-state index is 0.0595. The van der Waals surface area contributed by atoms with Crippen molar-refractivity contribution in [2.45, 2.75) is 40.5 Å². The van der Waals surface area contributed by atoms with Crippen LogP contribution in [0.4, 0.5) is 5.69 Å². The van der Waals surface area contributed by atoms with Gasteiger partial charge in [-0.2, -0.15) is 0 Å². The van der Waals surface area contributed by atoms with Crippen LogP contribution < -0.4 is 10.7 Å². The number of aryl methyl sites for hydroxylation is 1. The predicted molar refractivity (Wildman–Crippen MR) is 103 cm³/mol. The molecule has 0 amide bonds. The normalized spacial score (nSPS) is 12.3. The molecule has 0 atom stereocenters. The van der Waals surface area contributed by atoms with E-state index in [0.29, 0.717) is 24.2 Å². The van der Waals surface area contributed by atoms with Gasteiger partial charge in [0.1, 0.15) is 5.76 Å². The molecule has 0 unspecified atom stereocenters. The fraction of sp³-hybridized carbons (Fsp3) is 0.286. The van der Waals surface area contributed by atoms with Gasteiger partial charge in [-0.25, -0.2) is 4.79 Å². The number of benzene rings is 1. The third-order valence-corrected chi connectivity index (χ3v) is 4.34. The molecule has 0 fully saturated rings. The molecule has 0 aliphatic carbocycles. The molecular formula is C21H22NO5-. The molecule has 0 N–H and O–H groups in total. The Balaban J connectivity index is 2.09. The fourth-order valence-electron chi connectivity index (χ4n) is 2.77. The molecule has 1 heterocycles. The number of non-ortho nitro benzene ring substituents is 1. The number of allylic oxidation sites excluding steroid dienone is 3. The lowest BCUT2D eigenvalue weighted by molar-refractivity contribution is -0.384. The molecule has 27 heavy (non-hydrogen) atoms. The Bertz CT molecular complexity index is 965. The van der Waals surface area contributed by atoms with E-state index in [0.717, 1.165) is 16.7 Å². The zero-order chi connectivity index (χ0) is 20.1. The van der Waals surface area contributed by atoms with Crippen LogP contribution >= 0.6 is 0 Å².